The van der Waals surface area contributed by atoms with Crippen LogP contribution in [-0.4, -0.2) is 27.6 Å². The normalized spacial score (nSPS) is 8.65. The monoisotopic (exact) mass is 274 g/mol. The highest BCUT2D eigenvalue weighted by atomic mass is 35.5. The minimum Gasteiger partial charge on any atom is -0.491 e. The summed E-state index contributed by atoms with van der Waals surface area (Å²) in [5.41, 5.74) is 3.32. The first-order chi connectivity index (χ1) is 7.42. The molecule has 0 saturated heterocycles. The molecule has 0 aromatic carbocycles. The van der Waals surface area contributed by atoms with Crippen molar-refractivity contribution in [2.24, 2.45) is 5.73 Å². The zero-order valence-electron chi connectivity index (χ0n) is 8.34. The van der Waals surface area contributed by atoms with Gasteiger partial charge in [0.2, 0.25) is 5.82 Å². The predicted octanol–water partition coefficient (Wildman–Crippen LogP) is 0.398. The van der Waals surface area contributed by atoms with E-state index in [0.29, 0.717) is 0 Å². The number of nitrogens with two attached hydrogens (primary N) is 1. The molecule has 0 aliphatic carbocycles. The van der Waals surface area contributed by atoms with Crippen LogP contribution in [0.15, 0.2) is 4.79 Å². The van der Waals surface area contributed by atoms with Gasteiger partial charge in [0.25, 0.3) is 11.4 Å². The van der Waals surface area contributed by atoms with Gasteiger partial charge in [0.05, 0.1) is 0 Å². The fourth-order valence-corrected chi connectivity index (χ4v) is 0.556. The van der Waals surface area contributed by atoms with Crippen LogP contribution in [0.5, 0.6) is 5.88 Å². The average molecular weight is 275 g/mol. The molecule has 98 valence electrons. The minimum absolute atomic E-state index is 0. The quantitative estimate of drug-likeness (QED) is 0.461. The van der Waals surface area contributed by atoms with Crippen LogP contribution in [0.2, 0.25) is 0 Å². The van der Waals surface area contributed by atoms with Gasteiger partial charge in [0, 0.05) is 0 Å². The number of halogens is 4. The standard InChI is InChI=1S/C5H4F2N2O2.C2H5FN2.ClH/c6-1-2-8-4(10)3(7)5(11)9-2;3-1-2(4)5;/h1H2,(H2,8,9,10,11);1H2,(H3,4,5);1H. The number of alkyl halides is 2. The van der Waals surface area contributed by atoms with Crippen molar-refractivity contribution in [2.75, 3.05) is 6.67 Å². The molecule has 1 heterocycles. The number of hydrogen-bond acceptors (Lipinski definition) is 4. The molecule has 0 saturated carbocycles. The maximum atomic E-state index is 12.3. The van der Waals surface area contributed by atoms with Crippen molar-refractivity contribution in [1.29, 1.82) is 5.41 Å². The summed E-state index contributed by atoms with van der Waals surface area (Å²) in [4.78, 5) is 15.2. The maximum absolute atomic E-state index is 12.3. The zero-order valence-corrected chi connectivity index (χ0v) is 9.15. The Morgan fingerprint density at radius 1 is 1.53 bits per heavy atom. The third-order valence-corrected chi connectivity index (χ3v) is 1.16. The lowest BCUT2D eigenvalue weighted by molar-refractivity contribution is 0.388. The van der Waals surface area contributed by atoms with Gasteiger partial charge in [0.1, 0.15) is 25.0 Å². The summed E-state index contributed by atoms with van der Waals surface area (Å²) in [6, 6.07) is 0. The highest BCUT2D eigenvalue weighted by Crippen LogP contribution is 2.05. The molecule has 0 bridgehead atoms. The molecule has 0 aliphatic heterocycles. The van der Waals surface area contributed by atoms with Gasteiger partial charge in [-0.05, 0) is 0 Å². The molecule has 0 unspecified atom stereocenters. The van der Waals surface area contributed by atoms with E-state index in [2.05, 4.69) is 10.7 Å². The van der Waals surface area contributed by atoms with E-state index in [1.165, 1.54) is 0 Å². The third-order valence-electron chi connectivity index (χ3n) is 1.16. The van der Waals surface area contributed by atoms with Gasteiger partial charge in [-0.2, -0.15) is 9.37 Å². The van der Waals surface area contributed by atoms with E-state index in [0.717, 1.165) is 0 Å². The highest BCUT2D eigenvalue weighted by molar-refractivity contribution is 5.85. The lowest BCUT2D eigenvalue weighted by atomic mass is 10.5. The van der Waals surface area contributed by atoms with E-state index in [4.69, 9.17) is 10.5 Å². The van der Waals surface area contributed by atoms with Gasteiger partial charge in [-0.15, -0.1) is 12.4 Å². The molecule has 1 rings (SSSR count). The molecule has 0 aliphatic rings. The van der Waals surface area contributed by atoms with Crippen LogP contribution >= 0.6 is 12.4 Å². The molecule has 17 heavy (non-hydrogen) atoms. The van der Waals surface area contributed by atoms with E-state index in [1.807, 2.05) is 0 Å². The van der Waals surface area contributed by atoms with E-state index in [-0.39, 0.29) is 12.4 Å². The molecular weight excluding hydrogens is 265 g/mol. The Labute approximate surface area is 99.6 Å². The number of nitrogens with one attached hydrogen (secondary N) is 2. The fraction of sp³-hybridized carbons (Fsp3) is 0.286. The van der Waals surface area contributed by atoms with Gasteiger partial charge >= 0.3 is 0 Å². The van der Waals surface area contributed by atoms with Gasteiger partial charge in [0.15, 0.2) is 0 Å². The first-order valence-corrected chi connectivity index (χ1v) is 3.84. The van der Waals surface area contributed by atoms with E-state index >= 15 is 0 Å². The van der Waals surface area contributed by atoms with E-state index < -0.39 is 42.3 Å². The predicted molar refractivity (Wildman–Crippen MR) is 56.4 cm³/mol. The van der Waals surface area contributed by atoms with Gasteiger partial charge < -0.3 is 15.8 Å². The smallest absolute Gasteiger partial charge is 0.291 e. The molecule has 5 N–H and O–H groups in total. The Kier molecular flexibility index (Phi) is 8.70. The van der Waals surface area contributed by atoms with Gasteiger partial charge in [-0.3, -0.25) is 10.2 Å². The number of aromatic hydroxyl groups is 1. The van der Waals surface area contributed by atoms with Crippen LogP contribution < -0.4 is 11.3 Å². The Morgan fingerprint density at radius 2 is 2.00 bits per heavy atom. The molecule has 0 fully saturated rings. The lowest BCUT2D eigenvalue weighted by Gasteiger charge is -1.94. The second-order valence-corrected chi connectivity index (χ2v) is 2.44. The molecule has 0 amide bonds. The Bertz CT molecular complexity index is 426. The number of nitrogens with zero attached hydrogens (tertiary/aromatic N) is 1. The summed E-state index contributed by atoms with van der Waals surface area (Å²) < 4.78 is 34.8. The molecule has 6 nitrogen and oxygen atoms in total. The molecule has 10 heteroatoms. The largest absolute Gasteiger partial charge is 0.491 e. The number of amidine groups is 1. The number of rotatable bonds is 2. The highest BCUT2D eigenvalue weighted by Gasteiger charge is 2.08. The molecule has 1 aromatic heterocycles. The second kappa shape index (κ2) is 8.39. The Balaban J connectivity index is 0. The number of H-pyrrole nitrogens is 1. The van der Waals surface area contributed by atoms with Gasteiger partial charge in [-0.25, -0.2) is 8.78 Å². The first kappa shape index (κ1) is 17.6. The number of hydrogen-bond donors (Lipinski definition) is 4. The Morgan fingerprint density at radius 3 is 2.29 bits per heavy atom. The average Bonchev–Trinajstić information content (AvgIpc) is 2.25. The van der Waals surface area contributed by atoms with Crippen LogP contribution in [0.3, 0.4) is 0 Å². The lowest BCUT2D eigenvalue weighted by Crippen LogP contribution is -2.14. The van der Waals surface area contributed by atoms with E-state index in [9.17, 15) is 18.0 Å². The minimum atomic E-state index is -1.40. The molecule has 0 radical (unpaired) electrons. The van der Waals surface area contributed by atoms with Crippen LogP contribution in [0.1, 0.15) is 5.82 Å². The van der Waals surface area contributed by atoms with Crippen molar-refractivity contribution in [3.05, 3.63) is 22.0 Å². The topological polar surface area (TPSA) is 116 Å². The van der Waals surface area contributed by atoms with Crippen molar-refractivity contribution < 1.29 is 18.3 Å². The van der Waals surface area contributed by atoms with Crippen molar-refractivity contribution >= 4 is 18.2 Å². The van der Waals surface area contributed by atoms with Crippen molar-refractivity contribution in [3.8, 4) is 5.88 Å². The summed E-state index contributed by atoms with van der Waals surface area (Å²) in [5.74, 6) is -3.29. The molecule has 1 aromatic rings. The number of aromatic nitrogens is 2. The van der Waals surface area contributed by atoms with Crippen LogP contribution in [0.25, 0.3) is 0 Å². The summed E-state index contributed by atoms with van der Waals surface area (Å²) in [5, 5.41) is 14.7. The first-order valence-electron chi connectivity index (χ1n) is 3.84. The zero-order chi connectivity index (χ0) is 12.7. The van der Waals surface area contributed by atoms with Crippen molar-refractivity contribution in [1.82, 2.24) is 9.97 Å². The van der Waals surface area contributed by atoms with Crippen LogP contribution in [0.4, 0.5) is 13.2 Å². The van der Waals surface area contributed by atoms with E-state index in [1.54, 1.807) is 4.98 Å². The molecule has 0 spiro atoms. The SMILES string of the molecule is Cl.N=C(N)CF.O=c1[nH]c(CF)nc(O)c1F. The molecular formula is C7H10ClF3N4O2. The summed E-state index contributed by atoms with van der Waals surface area (Å²) >= 11 is 0. The fourth-order valence-electron chi connectivity index (χ4n) is 0.556. The van der Waals surface area contributed by atoms with Crippen molar-refractivity contribution in [3.63, 3.8) is 0 Å². The van der Waals surface area contributed by atoms with Crippen LogP contribution in [0, 0.1) is 11.2 Å². The summed E-state index contributed by atoms with van der Waals surface area (Å²) in [7, 11) is 0. The molecule has 0 atom stereocenters. The second-order valence-electron chi connectivity index (χ2n) is 2.44. The van der Waals surface area contributed by atoms with Crippen molar-refractivity contribution in [2.45, 2.75) is 6.67 Å². The van der Waals surface area contributed by atoms with Gasteiger partial charge in [-0.1, -0.05) is 0 Å². The third kappa shape index (κ3) is 6.40. The summed E-state index contributed by atoms with van der Waals surface area (Å²) in [6.07, 6.45) is 0. The summed E-state index contributed by atoms with van der Waals surface area (Å²) in [6.45, 7) is -1.89. The Hall–Kier alpha value is -1.77. The van der Waals surface area contributed by atoms with Crippen LogP contribution in [-0.2, 0) is 6.67 Å². The number of aromatic amines is 1. The maximum Gasteiger partial charge on any atom is 0.291 e.